The van der Waals surface area contributed by atoms with E-state index in [2.05, 4.69) is 34.2 Å². The molecular formula is C19H23N5OS. The molecule has 1 atom stereocenters. The molecule has 1 aromatic carbocycles. The van der Waals surface area contributed by atoms with Crippen molar-refractivity contribution in [2.75, 3.05) is 0 Å². The molecule has 2 aromatic heterocycles. The van der Waals surface area contributed by atoms with Gasteiger partial charge in [-0.2, -0.15) is 5.10 Å². The highest BCUT2D eigenvalue weighted by Gasteiger charge is 2.17. The number of aryl methyl sites for hydroxylation is 3. The third-order valence-corrected chi connectivity index (χ3v) is 5.34. The summed E-state index contributed by atoms with van der Waals surface area (Å²) < 4.78 is 1.84. The number of nitrogens with zero attached hydrogens (tertiary/aromatic N) is 4. The molecule has 0 radical (unpaired) electrons. The largest absolute Gasteiger partial charge is 0.342 e. The van der Waals surface area contributed by atoms with Crippen LogP contribution in [0.2, 0.25) is 0 Å². The van der Waals surface area contributed by atoms with Gasteiger partial charge in [0.2, 0.25) is 0 Å². The first-order valence-electron chi connectivity index (χ1n) is 8.72. The van der Waals surface area contributed by atoms with Crippen molar-refractivity contribution in [1.29, 1.82) is 0 Å². The van der Waals surface area contributed by atoms with E-state index in [4.69, 9.17) is 0 Å². The van der Waals surface area contributed by atoms with E-state index in [0.29, 0.717) is 5.56 Å². The number of benzene rings is 1. The molecular weight excluding hydrogens is 346 g/mol. The quantitative estimate of drug-likeness (QED) is 0.715. The van der Waals surface area contributed by atoms with Gasteiger partial charge in [0.05, 0.1) is 11.7 Å². The Morgan fingerprint density at radius 1 is 1.35 bits per heavy atom. The van der Waals surface area contributed by atoms with E-state index in [0.717, 1.165) is 35.1 Å². The SMILES string of the molecule is CCCn1ncnc1[C@H](C)NC(=O)c1cccc(-c2nc(C)c(C)s2)c1. The Morgan fingerprint density at radius 3 is 2.85 bits per heavy atom. The van der Waals surface area contributed by atoms with E-state index < -0.39 is 0 Å². The molecule has 7 heteroatoms. The lowest BCUT2D eigenvalue weighted by Crippen LogP contribution is -2.29. The molecule has 26 heavy (non-hydrogen) atoms. The normalized spacial score (nSPS) is 12.2. The Bertz CT molecular complexity index is 895. The van der Waals surface area contributed by atoms with Crippen molar-refractivity contribution in [2.24, 2.45) is 0 Å². The highest BCUT2D eigenvalue weighted by molar-refractivity contribution is 7.15. The highest BCUT2D eigenvalue weighted by Crippen LogP contribution is 2.27. The molecule has 0 saturated carbocycles. The van der Waals surface area contributed by atoms with Crippen LogP contribution in [0.15, 0.2) is 30.6 Å². The summed E-state index contributed by atoms with van der Waals surface area (Å²) in [6, 6.07) is 7.35. The van der Waals surface area contributed by atoms with Crippen molar-refractivity contribution in [3.8, 4) is 10.6 Å². The van der Waals surface area contributed by atoms with Gasteiger partial charge >= 0.3 is 0 Å². The van der Waals surface area contributed by atoms with Crippen molar-refractivity contribution in [1.82, 2.24) is 25.1 Å². The molecule has 0 saturated heterocycles. The van der Waals surface area contributed by atoms with Gasteiger partial charge in [0.15, 0.2) is 0 Å². The summed E-state index contributed by atoms with van der Waals surface area (Å²) >= 11 is 1.64. The van der Waals surface area contributed by atoms with Crippen LogP contribution in [0.1, 0.15) is 53.1 Å². The lowest BCUT2D eigenvalue weighted by molar-refractivity contribution is 0.0937. The van der Waals surface area contributed by atoms with E-state index in [1.54, 1.807) is 11.3 Å². The van der Waals surface area contributed by atoms with Crippen molar-refractivity contribution >= 4 is 17.2 Å². The highest BCUT2D eigenvalue weighted by atomic mass is 32.1. The van der Waals surface area contributed by atoms with Gasteiger partial charge in [0.25, 0.3) is 5.91 Å². The summed E-state index contributed by atoms with van der Waals surface area (Å²) in [5.41, 5.74) is 2.60. The summed E-state index contributed by atoms with van der Waals surface area (Å²) in [6.45, 7) is 8.85. The van der Waals surface area contributed by atoms with Gasteiger partial charge in [-0.25, -0.2) is 14.6 Å². The number of rotatable bonds is 6. The van der Waals surface area contributed by atoms with Crippen LogP contribution >= 0.6 is 11.3 Å². The number of amides is 1. The molecule has 6 nitrogen and oxygen atoms in total. The number of hydrogen-bond donors (Lipinski definition) is 1. The molecule has 3 rings (SSSR count). The van der Waals surface area contributed by atoms with Gasteiger partial charge in [0, 0.05) is 22.5 Å². The Labute approximate surface area is 157 Å². The molecule has 0 fully saturated rings. The number of nitrogens with one attached hydrogen (secondary N) is 1. The third-order valence-electron chi connectivity index (χ3n) is 4.22. The molecule has 136 valence electrons. The standard InChI is InChI=1S/C19H23N5OS/c1-5-9-24-17(20-11-21-24)13(3)22-18(25)15-7-6-8-16(10-15)19-23-12(2)14(4)26-19/h6-8,10-11,13H,5,9H2,1-4H3,(H,22,25)/t13-/m0/s1. The summed E-state index contributed by atoms with van der Waals surface area (Å²) in [4.78, 5) is 22.8. The summed E-state index contributed by atoms with van der Waals surface area (Å²) in [5.74, 6) is 0.637. The van der Waals surface area contributed by atoms with Gasteiger partial charge < -0.3 is 5.32 Å². The maximum atomic E-state index is 12.7. The van der Waals surface area contributed by atoms with Crippen LogP contribution in [-0.4, -0.2) is 25.7 Å². The van der Waals surface area contributed by atoms with Crippen LogP contribution in [0.25, 0.3) is 10.6 Å². The van der Waals surface area contributed by atoms with Gasteiger partial charge in [-0.1, -0.05) is 19.1 Å². The van der Waals surface area contributed by atoms with Gasteiger partial charge in [-0.15, -0.1) is 11.3 Å². The molecule has 0 unspecified atom stereocenters. The zero-order chi connectivity index (χ0) is 18.7. The van der Waals surface area contributed by atoms with Crippen LogP contribution in [0.3, 0.4) is 0 Å². The number of carbonyl (C=O) groups is 1. The molecule has 1 N–H and O–H groups in total. The molecule has 0 aliphatic heterocycles. The second-order valence-corrected chi connectivity index (χ2v) is 7.48. The zero-order valence-electron chi connectivity index (χ0n) is 15.5. The number of aromatic nitrogens is 4. The minimum atomic E-state index is -0.218. The fraction of sp³-hybridized carbons (Fsp3) is 0.368. The summed E-state index contributed by atoms with van der Waals surface area (Å²) in [7, 11) is 0. The van der Waals surface area contributed by atoms with Crippen molar-refractivity contribution in [3.63, 3.8) is 0 Å². The van der Waals surface area contributed by atoms with E-state index in [1.165, 1.54) is 11.2 Å². The minimum absolute atomic E-state index is 0.129. The Morgan fingerprint density at radius 2 is 2.15 bits per heavy atom. The fourth-order valence-electron chi connectivity index (χ4n) is 2.73. The summed E-state index contributed by atoms with van der Waals surface area (Å²) in [6.07, 6.45) is 2.49. The lowest BCUT2D eigenvalue weighted by Gasteiger charge is -2.14. The van der Waals surface area contributed by atoms with Crippen molar-refractivity contribution < 1.29 is 4.79 Å². The zero-order valence-corrected chi connectivity index (χ0v) is 16.3. The molecule has 3 aromatic rings. The van der Waals surface area contributed by atoms with Crippen LogP contribution in [0.4, 0.5) is 0 Å². The number of thiazole rings is 1. The average Bonchev–Trinajstić information content (AvgIpc) is 3.22. The van der Waals surface area contributed by atoms with Crippen LogP contribution < -0.4 is 5.32 Å². The second kappa shape index (κ2) is 7.78. The molecule has 0 aliphatic carbocycles. The maximum Gasteiger partial charge on any atom is 0.251 e. The van der Waals surface area contributed by atoms with Crippen LogP contribution in [-0.2, 0) is 6.54 Å². The average molecular weight is 369 g/mol. The molecule has 2 heterocycles. The third kappa shape index (κ3) is 3.83. The first-order valence-corrected chi connectivity index (χ1v) is 9.54. The number of hydrogen-bond acceptors (Lipinski definition) is 5. The lowest BCUT2D eigenvalue weighted by atomic mass is 10.1. The first-order chi connectivity index (χ1) is 12.5. The number of carbonyl (C=O) groups excluding carboxylic acids is 1. The summed E-state index contributed by atoms with van der Waals surface area (Å²) in [5, 5.41) is 8.17. The minimum Gasteiger partial charge on any atom is -0.342 e. The van der Waals surface area contributed by atoms with E-state index in [-0.39, 0.29) is 11.9 Å². The Hall–Kier alpha value is -2.54. The smallest absolute Gasteiger partial charge is 0.251 e. The van der Waals surface area contributed by atoms with Crippen molar-refractivity contribution in [3.05, 3.63) is 52.6 Å². The van der Waals surface area contributed by atoms with Crippen molar-refractivity contribution in [2.45, 2.75) is 46.7 Å². The second-order valence-electron chi connectivity index (χ2n) is 6.28. The Kier molecular flexibility index (Phi) is 5.46. The Balaban J connectivity index is 1.77. The van der Waals surface area contributed by atoms with Gasteiger partial charge in [-0.3, -0.25) is 4.79 Å². The van der Waals surface area contributed by atoms with Crippen LogP contribution in [0, 0.1) is 13.8 Å². The molecule has 0 bridgehead atoms. The predicted molar refractivity (Wildman–Crippen MR) is 103 cm³/mol. The topological polar surface area (TPSA) is 72.7 Å². The van der Waals surface area contributed by atoms with E-state index in [9.17, 15) is 4.79 Å². The van der Waals surface area contributed by atoms with Gasteiger partial charge in [0.1, 0.15) is 17.2 Å². The first kappa shape index (κ1) is 18.3. The van der Waals surface area contributed by atoms with E-state index in [1.807, 2.05) is 42.8 Å². The maximum absolute atomic E-state index is 12.7. The fourth-order valence-corrected chi connectivity index (χ4v) is 3.64. The molecule has 1 amide bonds. The van der Waals surface area contributed by atoms with Crippen LogP contribution in [0.5, 0.6) is 0 Å². The monoisotopic (exact) mass is 369 g/mol. The molecule has 0 spiro atoms. The van der Waals surface area contributed by atoms with Gasteiger partial charge in [-0.05, 0) is 39.3 Å². The molecule has 0 aliphatic rings. The van der Waals surface area contributed by atoms with E-state index >= 15 is 0 Å². The predicted octanol–water partition coefficient (Wildman–Crippen LogP) is 3.92.